The third-order valence-electron chi connectivity index (χ3n) is 2.04. The lowest BCUT2D eigenvalue weighted by molar-refractivity contribution is 0.152. The van der Waals surface area contributed by atoms with E-state index in [1.54, 1.807) is 42.5 Å². The highest BCUT2D eigenvalue weighted by molar-refractivity contribution is 5.67. The highest BCUT2D eigenvalue weighted by Crippen LogP contribution is 2.14. The number of ether oxygens (including phenoxy) is 2. The molecule has 17 heavy (non-hydrogen) atoms. The second kappa shape index (κ2) is 5.16. The zero-order valence-corrected chi connectivity index (χ0v) is 9.13. The summed E-state index contributed by atoms with van der Waals surface area (Å²) in [5.41, 5.74) is 0.773. The van der Waals surface area contributed by atoms with Gasteiger partial charge in [-0.05, 0) is 36.8 Å². The lowest BCUT2D eigenvalue weighted by atomic mass is 10.2. The molecule has 0 atom stereocenters. The Morgan fingerprint density at radius 3 is 2.24 bits per heavy atom. The van der Waals surface area contributed by atoms with Crippen LogP contribution in [0.2, 0.25) is 0 Å². The van der Waals surface area contributed by atoms with E-state index in [0.29, 0.717) is 11.5 Å². The first-order valence-electron chi connectivity index (χ1n) is 5.11. The molecule has 0 saturated carbocycles. The van der Waals surface area contributed by atoms with Crippen LogP contribution < -0.4 is 9.47 Å². The molecule has 2 rings (SSSR count). The van der Waals surface area contributed by atoms with Crippen LogP contribution in [0, 0.1) is 6.92 Å². The van der Waals surface area contributed by atoms with Gasteiger partial charge < -0.3 is 9.47 Å². The molecule has 0 aliphatic rings. The van der Waals surface area contributed by atoms with Gasteiger partial charge in [0.05, 0.1) is 0 Å². The maximum absolute atomic E-state index is 11.4. The van der Waals surface area contributed by atoms with E-state index in [4.69, 9.17) is 9.47 Å². The number of para-hydroxylation sites is 1. The van der Waals surface area contributed by atoms with Crippen molar-refractivity contribution in [3.8, 4) is 11.5 Å². The van der Waals surface area contributed by atoms with Crippen LogP contribution in [-0.4, -0.2) is 6.16 Å². The van der Waals surface area contributed by atoms with Crippen LogP contribution in [0.15, 0.2) is 54.6 Å². The highest BCUT2D eigenvalue weighted by atomic mass is 16.7. The summed E-state index contributed by atoms with van der Waals surface area (Å²) in [5, 5.41) is 0. The molecule has 0 heterocycles. The minimum atomic E-state index is -0.762. The first kappa shape index (κ1) is 11.2. The monoisotopic (exact) mass is 227 g/mol. The van der Waals surface area contributed by atoms with E-state index in [-0.39, 0.29) is 0 Å². The molecule has 0 bridgehead atoms. The molecule has 3 nitrogen and oxygen atoms in total. The van der Waals surface area contributed by atoms with Gasteiger partial charge in [0, 0.05) is 0 Å². The van der Waals surface area contributed by atoms with Crippen LogP contribution in [0.1, 0.15) is 5.56 Å². The summed E-state index contributed by atoms with van der Waals surface area (Å²) < 4.78 is 9.97. The van der Waals surface area contributed by atoms with E-state index >= 15 is 0 Å². The van der Waals surface area contributed by atoms with Crippen molar-refractivity contribution in [2.45, 2.75) is 0 Å². The molecule has 2 aromatic carbocycles. The second-order valence-electron chi connectivity index (χ2n) is 3.41. The van der Waals surface area contributed by atoms with Gasteiger partial charge in [-0.3, -0.25) is 0 Å². The zero-order chi connectivity index (χ0) is 12.1. The van der Waals surface area contributed by atoms with Crippen molar-refractivity contribution in [3.63, 3.8) is 0 Å². The van der Waals surface area contributed by atoms with Crippen LogP contribution in [0.3, 0.4) is 0 Å². The van der Waals surface area contributed by atoms with Crippen LogP contribution in [-0.2, 0) is 0 Å². The number of carbonyl (C=O) groups excluding carboxylic acids is 1. The normalized spacial score (nSPS) is 9.71. The van der Waals surface area contributed by atoms with Gasteiger partial charge in [0.1, 0.15) is 11.5 Å². The Morgan fingerprint density at radius 2 is 1.53 bits per heavy atom. The average molecular weight is 227 g/mol. The molecule has 0 aromatic heterocycles. The largest absolute Gasteiger partial charge is 0.519 e. The smallest absolute Gasteiger partial charge is 0.395 e. The molecule has 0 unspecified atom stereocenters. The van der Waals surface area contributed by atoms with Crippen molar-refractivity contribution in [1.82, 2.24) is 0 Å². The Kier molecular flexibility index (Phi) is 3.40. The first-order valence-corrected chi connectivity index (χ1v) is 5.11. The number of hydrogen-bond acceptors (Lipinski definition) is 3. The Balaban J connectivity index is 1.98. The summed E-state index contributed by atoms with van der Waals surface area (Å²) >= 11 is 0. The van der Waals surface area contributed by atoms with E-state index in [0.717, 1.165) is 5.56 Å². The van der Waals surface area contributed by atoms with E-state index < -0.39 is 6.16 Å². The predicted octanol–water partition coefficient (Wildman–Crippen LogP) is 3.45. The minimum Gasteiger partial charge on any atom is -0.395 e. The quantitative estimate of drug-likeness (QED) is 0.582. The molecule has 0 saturated heterocycles. The van der Waals surface area contributed by atoms with Gasteiger partial charge in [-0.25, -0.2) is 4.79 Å². The standard InChI is InChI=1S/C14H11O3/c1-11-6-5-9-13(10-11)17-14(15)16-12-7-3-2-4-8-12/h2-10H,1H2. The molecule has 0 N–H and O–H groups in total. The lowest BCUT2D eigenvalue weighted by Gasteiger charge is -2.05. The van der Waals surface area contributed by atoms with Gasteiger partial charge >= 0.3 is 6.16 Å². The lowest BCUT2D eigenvalue weighted by Crippen LogP contribution is -2.13. The molecule has 0 spiro atoms. The number of benzene rings is 2. The summed E-state index contributed by atoms with van der Waals surface area (Å²) in [6, 6.07) is 15.6. The predicted molar refractivity (Wildman–Crippen MR) is 64.0 cm³/mol. The fourth-order valence-electron chi connectivity index (χ4n) is 1.31. The summed E-state index contributed by atoms with van der Waals surface area (Å²) in [6.07, 6.45) is -0.762. The summed E-state index contributed by atoms with van der Waals surface area (Å²) in [6.45, 7) is 3.74. The molecule has 0 amide bonds. The van der Waals surface area contributed by atoms with Gasteiger partial charge in [-0.15, -0.1) is 0 Å². The van der Waals surface area contributed by atoms with Crippen molar-refractivity contribution in [1.29, 1.82) is 0 Å². The van der Waals surface area contributed by atoms with Gasteiger partial charge in [0.2, 0.25) is 0 Å². The van der Waals surface area contributed by atoms with Crippen LogP contribution >= 0.6 is 0 Å². The topological polar surface area (TPSA) is 35.5 Å². The van der Waals surface area contributed by atoms with Crippen molar-refractivity contribution >= 4 is 6.16 Å². The molecule has 0 aliphatic carbocycles. The Hall–Kier alpha value is -2.29. The molecular formula is C14H11O3. The summed E-state index contributed by atoms with van der Waals surface area (Å²) in [4.78, 5) is 11.4. The molecule has 0 aliphatic heterocycles. The first-order chi connectivity index (χ1) is 8.24. The van der Waals surface area contributed by atoms with Crippen LogP contribution in [0.25, 0.3) is 0 Å². The van der Waals surface area contributed by atoms with Crippen molar-refractivity contribution in [2.75, 3.05) is 0 Å². The molecular weight excluding hydrogens is 216 g/mol. The van der Waals surface area contributed by atoms with Gasteiger partial charge in [-0.2, -0.15) is 0 Å². The van der Waals surface area contributed by atoms with Gasteiger partial charge in [0.25, 0.3) is 0 Å². The molecule has 0 fully saturated rings. The van der Waals surface area contributed by atoms with Crippen molar-refractivity contribution in [2.24, 2.45) is 0 Å². The third-order valence-corrected chi connectivity index (χ3v) is 2.04. The molecule has 2 aromatic rings. The molecule has 3 heteroatoms. The van der Waals surface area contributed by atoms with Crippen molar-refractivity contribution < 1.29 is 14.3 Å². The van der Waals surface area contributed by atoms with E-state index in [1.807, 2.05) is 12.1 Å². The van der Waals surface area contributed by atoms with E-state index in [2.05, 4.69) is 6.92 Å². The number of rotatable bonds is 2. The summed E-state index contributed by atoms with van der Waals surface area (Å²) in [7, 11) is 0. The van der Waals surface area contributed by atoms with Gasteiger partial charge in [0.15, 0.2) is 0 Å². The maximum Gasteiger partial charge on any atom is 0.519 e. The Bertz CT molecular complexity index is 506. The SMILES string of the molecule is [CH2]c1cccc(OC(=O)Oc2ccccc2)c1. The fraction of sp³-hybridized carbons (Fsp3) is 0. The fourth-order valence-corrected chi connectivity index (χ4v) is 1.31. The molecule has 85 valence electrons. The average Bonchev–Trinajstić information content (AvgIpc) is 2.30. The van der Waals surface area contributed by atoms with E-state index in [9.17, 15) is 4.79 Å². The number of hydrogen-bond donors (Lipinski definition) is 0. The van der Waals surface area contributed by atoms with Crippen LogP contribution in [0.5, 0.6) is 11.5 Å². The van der Waals surface area contributed by atoms with E-state index in [1.165, 1.54) is 0 Å². The summed E-state index contributed by atoms with van der Waals surface area (Å²) in [5.74, 6) is 0.863. The molecule has 1 radical (unpaired) electrons. The Morgan fingerprint density at radius 1 is 0.882 bits per heavy atom. The number of carbonyl (C=O) groups is 1. The Labute approximate surface area is 99.6 Å². The third kappa shape index (κ3) is 3.34. The van der Waals surface area contributed by atoms with Gasteiger partial charge in [-0.1, -0.05) is 30.3 Å². The highest BCUT2D eigenvalue weighted by Gasteiger charge is 2.07. The van der Waals surface area contributed by atoms with Crippen molar-refractivity contribution in [3.05, 3.63) is 67.1 Å². The van der Waals surface area contributed by atoms with Crippen LogP contribution in [0.4, 0.5) is 4.79 Å². The maximum atomic E-state index is 11.4. The zero-order valence-electron chi connectivity index (χ0n) is 9.13. The second-order valence-corrected chi connectivity index (χ2v) is 3.41. The minimum absolute atomic E-state index is 0.415.